The molecule has 0 radical (unpaired) electrons. The Labute approximate surface area is 199 Å². The standard InChI is InChI=1S/C24H31N3O4S2/c1-6-7-12-26(4)33(29,30)20-10-8-19(9-11-20)23(28)25-24-27(13-14-31-5)21-15-17(2)18(3)16-22(21)32-24/h8-11,15-16H,6-7,12-14H2,1-5H3. The molecule has 1 amide bonds. The van der Waals surface area contributed by atoms with Crippen molar-refractivity contribution in [2.75, 3.05) is 27.3 Å². The maximum atomic E-state index is 12.9. The van der Waals surface area contributed by atoms with Gasteiger partial charge in [0.1, 0.15) is 0 Å². The quantitative estimate of drug-likeness (QED) is 0.453. The van der Waals surface area contributed by atoms with E-state index in [1.165, 1.54) is 51.0 Å². The second-order valence-electron chi connectivity index (χ2n) is 8.05. The average Bonchev–Trinajstić information content (AvgIpc) is 3.11. The number of unbranched alkanes of at least 4 members (excludes halogenated alkanes) is 1. The summed E-state index contributed by atoms with van der Waals surface area (Å²) in [5, 5.41) is 0. The smallest absolute Gasteiger partial charge is 0.279 e. The predicted molar refractivity (Wildman–Crippen MR) is 132 cm³/mol. The van der Waals surface area contributed by atoms with Gasteiger partial charge in [0.05, 0.1) is 21.7 Å². The highest BCUT2D eigenvalue weighted by Crippen LogP contribution is 2.22. The van der Waals surface area contributed by atoms with E-state index >= 15 is 0 Å². The van der Waals surface area contributed by atoms with Crippen LogP contribution in [0.15, 0.2) is 46.3 Å². The number of aryl methyl sites for hydroxylation is 2. The summed E-state index contributed by atoms with van der Waals surface area (Å²) in [6.07, 6.45) is 1.71. The molecular formula is C24H31N3O4S2. The zero-order valence-electron chi connectivity index (χ0n) is 19.8. The Morgan fingerprint density at radius 1 is 1.15 bits per heavy atom. The number of fused-ring (bicyclic) bond motifs is 1. The van der Waals surface area contributed by atoms with Crippen molar-refractivity contribution in [1.82, 2.24) is 8.87 Å². The number of ether oxygens (including phenoxy) is 1. The van der Waals surface area contributed by atoms with Gasteiger partial charge in [0.15, 0.2) is 4.80 Å². The highest BCUT2D eigenvalue weighted by atomic mass is 32.2. The molecule has 1 heterocycles. The van der Waals surface area contributed by atoms with Gasteiger partial charge in [-0.25, -0.2) is 12.7 Å². The number of hydrogen-bond donors (Lipinski definition) is 0. The minimum absolute atomic E-state index is 0.167. The van der Waals surface area contributed by atoms with Crippen molar-refractivity contribution in [2.24, 2.45) is 4.99 Å². The first kappa shape index (κ1) is 25.3. The molecule has 0 atom stereocenters. The number of nitrogens with zero attached hydrogens (tertiary/aromatic N) is 3. The molecule has 0 aliphatic heterocycles. The third kappa shape index (κ3) is 5.60. The van der Waals surface area contributed by atoms with E-state index in [-0.39, 0.29) is 4.90 Å². The lowest BCUT2D eigenvalue weighted by Gasteiger charge is -2.16. The number of carbonyl (C=O) groups is 1. The molecule has 1 aromatic heterocycles. The van der Waals surface area contributed by atoms with Gasteiger partial charge in [0.2, 0.25) is 10.0 Å². The number of rotatable bonds is 9. The Morgan fingerprint density at radius 2 is 1.82 bits per heavy atom. The van der Waals surface area contributed by atoms with Crippen LogP contribution in [-0.4, -0.2) is 50.5 Å². The molecule has 0 unspecified atom stereocenters. The van der Waals surface area contributed by atoms with E-state index in [2.05, 4.69) is 31.0 Å². The minimum atomic E-state index is -3.58. The predicted octanol–water partition coefficient (Wildman–Crippen LogP) is 4.13. The minimum Gasteiger partial charge on any atom is -0.383 e. The van der Waals surface area contributed by atoms with E-state index in [0.29, 0.717) is 30.1 Å². The Hall–Kier alpha value is -2.33. The molecule has 7 nitrogen and oxygen atoms in total. The van der Waals surface area contributed by atoms with Gasteiger partial charge < -0.3 is 9.30 Å². The number of hydrogen-bond acceptors (Lipinski definition) is 5. The monoisotopic (exact) mass is 489 g/mol. The number of amides is 1. The summed E-state index contributed by atoms with van der Waals surface area (Å²) >= 11 is 1.46. The van der Waals surface area contributed by atoms with Crippen LogP contribution in [0.3, 0.4) is 0 Å². The topological polar surface area (TPSA) is 81.0 Å². The molecule has 33 heavy (non-hydrogen) atoms. The number of methoxy groups -OCH3 is 1. The number of thiazole rings is 1. The van der Waals surface area contributed by atoms with Gasteiger partial charge in [0.25, 0.3) is 5.91 Å². The number of aromatic nitrogens is 1. The second-order valence-corrected chi connectivity index (χ2v) is 11.1. The molecule has 0 bridgehead atoms. The largest absolute Gasteiger partial charge is 0.383 e. The van der Waals surface area contributed by atoms with Crippen molar-refractivity contribution in [3.63, 3.8) is 0 Å². The summed E-state index contributed by atoms with van der Waals surface area (Å²) in [5.41, 5.74) is 3.71. The van der Waals surface area contributed by atoms with Crippen LogP contribution in [0.25, 0.3) is 10.2 Å². The zero-order chi connectivity index (χ0) is 24.2. The molecule has 0 saturated carbocycles. The van der Waals surface area contributed by atoms with Crippen molar-refractivity contribution in [2.45, 2.75) is 45.1 Å². The second kappa shape index (κ2) is 10.7. The number of carbonyl (C=O) groups excluding carboxylic acids is 1. The average molecular weight is 490 g/mol. The molecule has 3 rings (SSSR count). The Morgan fingerprint density at radius 3 is 2.45 bits per heavy atom. The lowest BCUT2D eigenvalue weighted by atomic mass is 10.1. The highest BCUT2D eigenvalue weighted by Gasteiger charge is 2.20. The van der Waals surface area contributed by atoms with Crippen molar-refractivity contribution in [3.05, 3.63) is 57.9 Å². The Bertz CT molecular complexity index is 1310. The molecule has 0 N–H and O–H groups in total. The summed E-state index contributed by atoms with van der Waals surface area (Å²) in [6, 6.07) is 10.2. The fraction of sp³-hybridized carbons (Fsp3) is 0.417. The molecular weight excluding hydrogens is 458 g/mol. The molecule has 2 aromatic carbocycles. The van der Waals surface area contributed by atoms with Crippen LogP contribution in [-0.2, 0) is 21.3 Å². The summed E-state index contributed by atoms with van der Waals surface area (Å²) in [5.74, 6) is -0.413. The molecule has 9 heteroatoms. The van der Waals surface area contributed by atoms with E-state index in [0.717, 1.165) is 23.1 Å². The van der Waals surface area contributed by atoms with Crippen LogP contribution in [0.4, 0.5) is 0 Å². The van der Waals surface area contributed by atoms with Crippen LogP contribution in [0.5, 0.6) is 0 Å². The maximum Gasteiger partial charge on any atom is 0.279 e. The molecule has 0 saturated heterocycles. The highest BCUT2D eigenvalue weighted by molar-refractivity contribution is 7.89. The SMILES string of the molecule is CCCCN(C)S(=O)(=O)c1ccc(C(=O)N=c2sc3cc(C)c(C)cc3n2CCOC)cc1. The molecule has 3 aromatic rings. The van der Waals surface area contributed by atoms with Gasteiger partial charge >= 0.3 is 0 Å². The first-order valence-electron chi connectivity index (χ1n) is 10.9. The lowest BCUT2D eigenvalue weighted by molar-refractivity contribution is 0.0997. The maximum absolute atomic E-state index is 12.9. The van der Waals surface area contributed by atoms with Crippen LogP contribution in [0.1, 0.15) is 41.3 Å². The van der Waals surface area contributed by atoms with Crippen molar-refractivity contribution in [1.29, 1.82) is 0 Å². The number of sulfonamides is 1. The Kier molecular flexibility index (Phi) is 8.23. The zero-order valence-corrected chi connectivity index (χ0v) is 21.4. The first-order valence-corrected chi connectivity index (χ1v) is 13.2. The summed E-state index contributed by atoms with van der Waals surface area (Å²) in [4.78, 5) is 18.1. The molecule has 0 aliphatic rings. The van der Waals surface area contributed by atoms with Crippen molar-refractivity contribution < 1.29 is 17.9 Å². The van der Waals surface area contributed by atoms with E-state index < -0.39 is 15.9 Å². The van der Waals surface area contributed by atoms with Crippen molar-refractivity contribution >= 4 is 37.5 Å². The van der Waals surface area contributed by atoms with Crippen LogP contribution >= 0.6 is 11.3 Å². The normalized spacial score (nSPS) is 12.7. The third-order valence-corrected chi connectivity index (χ3v) is 8.56. The summed E-state index contributed by atoms with van der Waals surface area (Å²) < 4.78 is 35.1. The van der Waals surface area contributed by atoms with Gasteiger partial charge in [-0.2, -0.15) is 4.99 Å². The van der Waals surface area contributed by atoms with E-state index in [1.807, 2.05) is 11.5 Å². The van der Waals surface area contributed by atoms with Gasteiger partial charge in [0, 0.05) is 32.8 Å². The number of benzene rings is 2. The van der Waals surface area contributed by atoms with Crippen LogP contribution in [0.2, 0.25) is 0 Å². The lowest BCUT2D eigenvalue weighted by Crippen LogP contribution is -2.27. The molecule has 178 valence electrons. The first-order chi connectivity index (χ1) is 15.7. The summed E-state index contributed by atoms with van der Waals surface area (Å²) in [6.45, 7) is 7.67. The molecule has 0 spiro atoms. The van der Waals surface area contributed by atoms with Crippen molar-refractivity contribution in [3.8, 4) is 0 Å². The summed E-state index contributed by atoms with van der Waals surface area (Å²) in [7, 11) is -0.367. The van der Waals surface area contributed by atoms with Gasteiger partial charge in [-0.15, -0.1) is 0 Å². The van der Waals surface area contributed by atoms with E-state index in [1.54, 1.807) is 14.2 Å². The van der Waals surface area contributed by atoms with Crippen LogP contribution < -0.4 is 4.80 Å². The molecule has 0 fully saturated rings. The Balaban J connectivity index is 1.95. The van der Waals surface area contributed by atoms with Gasteiger partial charge in [-0.05, 0) is 67.8 Å². The van der Waals surface area contributed by atoms with Gasteiger partial charge in [-0.3, -0.25) is 4.79 Å². The van der Waals surface area contributed by atoms with Crippen LogP contribution in [0, 0.1) is 13.8 Å². The third-order valence-electron chi connectivity index (χ3n) is 5.65. The fourth-order valence-corrected chi connectivity index (χ4v) is 5.75. The molecule has 0 aliphatic carbocycles. The van der Waals surface area contributed by atoms with E-state index in [4.69, 9.17) is 4.74 Å². The fourth-order valence-electron chi connectivity index (χ4n) is 3.41. The van der Waals surface area contributed by atoms with Gasteiger partial charge in [-0.1, -0.05) is 24.7 Å². The van der Waals surface area contributed by atoms with E-state index in [9.17, 15) is 13.2 Å².